The number of nitrogens with zero attached hydrogens (tertiary/aromatic N) is 2. The van der Waals surface area contributed by atoms with Gasteiger partial charge in [0, 0.05) is 30.3 Å². The molecule has 5 nitrogen and oxygen atoms in total. The number of aryl methyl sites for hydroxylation is 1. The molecule has 1 unspecified atom stereocenters. The Morgan fingerprint density at radius 3 is 2.67 bits per heavy atom. The summed E-state index contributed by atoms with van der Waals surface area (Å²) in [5, 5.41) is 5.16. The fourth-order valence-corrected chi connectivity index (χ4v) is 2.33. The van der Waals surface area contributed by atoms with Gasteiger partial charge in [-0.25, -0.2) is 4.79 Å². The average Bonchev–Trinajstić information content (AvgIpc) is 3.02. The summed E-state index contributed by atoms with van der Waals surface area (Å²) in [4.78, 5) is 11.8. The lowest BCUT2D eigenvalue weighted by Gasteiger charge is -2.19. The molecule has 0 radical (unpaired) electrons. The van der Waals surface area contributed by atoms with E-state index in [1.807, 2.05) is 0 Å². The summed E-state index contributed by atoms with van der Waals surface area (Å²) in [6.45, 7) is 0. The second kappa shape index (κ2) is 5.76. The van der Waals surface area contributed by atoms with Gasteiger partial charge in [0.15, 0.2) is 0 Å². The summed E-state index contributed by atoms with van der Waals surface area (Å²) >= 11 is 0.948. The van der Waals surface area contributed by atoms with Gasteiger partial charge >= 0.3 is 12.1 Å². The predicted octanol–water partition coefficient (Wildman–Crippen LogP) is 2.95. The second-order valence-electron chi connectivity index (χ2n) is 4.13. The highest BCUT2D eigenvalue weighted by atomic mass is 32.1. The minimum absolute atomic E-state index is 0.0324. The van der Waals surface area contributed by atoms with Gasteiger partial charge in [-0.05, 0) is 0 Å². The fraction of sp³-hybridized carbons (Fsp3) is 0.333. The van der Waals surface area contributed by atoms with E-state index in [9.17, 15) is 18.0 Å². The van der Waals surface area contributed by atoms with Crippen LogP contribution >= 0.6 is 11.3 Å². The number of rotatable bonds is 4. The van der Waals surface area contributed by atoms with Crippen LogP contribution in [0.2, 0.25) is 0 Å². The molecule has 0 saturated heterocycles. The topological polar surface area (TPSA) is 53.4 Å². The third-order valence-electron chi connectivity index (χ3n) is 2.56. The number of aromatic nitrogens is 2. The molecule has 0 aromatic carbocycles. The lowest BCUT2D eigenvalue weighted by molar-refractivity contribution is -0.207. The Labute approximate surface area is 121 Å². The summed E-state index contributed by atoms with van der Waals surface area (Å²) in [6.07, 6.45) is -4.91. The molecule has 0 bridgehead atoms. The first kappa shape index (κ1) is 15.4. The summed E-state index contributed by atoms with van der Waals surface area (Å²) < 4.78 is 49.8. The molecular formula is C12H11F3N2O3S. The zero-order chi connectivity index (χ0) is 15.6. The van der Waals surface area contributed by atoms with Crippen LogP contribution in [-0.4, -0.2) is 29.0 Å². The molecule has 2 heterocycles. The van der Waals surface area contributed by atoms with E-state index in [1.165, 1.54) is 30.3 Å². The van der Waals surface area contributed by atoms with Gasteiger partial charge in [0.1, 0.15) is 10.6 Å². The van der Waals surface area contributed by atoms with E-state index in [-0.39, 0.29) is 10.4 Å². The molecule has 0 amide bonds. The van der Waals surface area contributed by atoms with Crippen molar-refractivity contribution < 1.29 is 27.4 Å². The Morgan fingerprint density at radius 1 is 1.48 bits per heavy atom. The van der Waals surface area contributed by atoms with Crippen LogP contribution in [0.4, 0.5) is 13.2 Å². The molecule has 1 atom stereocenters. The summed E-state index contributed by atoms with van der Waals surface area (Å²) in [6, 6.07) is 1.32. The molecule has 0 aliphatic carbocycles. The highest BCUT2D eigenvalue weighted by molar-refractivity contribution is 7.12. The van der Waals surface area contributed by atoms with Gasteiger partial charge in [0.05, 0.1) is 13.3 Å². The molecule has 114 valence electrons. The van der Waals surface area contributed by atoms with Gasteiger partial charge < -0.3 is 9.47 Å². The van der Waals surface area contributed by atoms with E-state index in [0.29, 0.717) is 5.75 Å². The van der Waals surface area contributed by atoms with Crippen molar-refractivity contribution in [2.24, 2.45) is 7.05 Å². The number of methoxy groups -OCH3 is 1. The number of hydrogen-bond donors (Lipinski definition) is 0. The molecular weight excluding hydrogens is 309 g/mol. The number of halogens is 3. The highest BCUT2D eigenvalue weighted by Crippen LogP contribution is 2.36. The van der Waals surface area contributed by atoms with Crippen molar-refractivity contribution in [1.29, 1.82) is 0 Å². The summed E-state index contributed by atoms with van der Waals surface area (Å²) in [5.41, 5.74) is -0.234. The molecule has 9 heteroatoms. The van der Waals surface area contributed by atoms with Crippen LogP contribution in [0.1, 0.15) is 21.3 Å². The number of carbonyl (C=O) groups is 1. The lowest BCUT2D eigenvalue weighted by atomic mass is 10.2. The van der Waals surface area contributed by atoms with Crippen LogP contribution < -0.4 is 4.74 Å². The molecule has 2 aromatic rings. The number of esters is 1. The Morgan fingerprint density at radius 2 is 2.19 bits per heavy atom. The molecule has 2 aromatic heterocycles. The largest absolute Gasteiger partial charge is 0.496 e. The summed E-state index contributed by atoms with van der Waals surface area (Å²) in [7, 11) is 2.87. The first-order chi connectivity index (χ1) is 9.81. The zero-order valence-corrected chi connectivity index (χ0v) is 11.9. The minimum Gasteiger partial charge on any atom is -0.496 e. The predicted molar refractivity (Wildman–Crippen MR) is 68.3 cm³/mol. The Balaban J connectivity index is 2.21. The van der Waals surface area contributed by atoms with Crippen molar-refractivity contribution in [3.05, 3.63) is 34.3 Å². The van der Waals surface area contributed by atoms with E-state index in [1.54, 1.807) is 0 Å². The second-order valence-corrected chi connectivity index (χ2v) is 5.04. The van der Waals surface area contributed by atoms with Crippen LogP contribution in [0.3, 0.4) is 0 Å². The maximum atomic E-state index is 13.0. The number of thiophene rings is 1. The molecule has 2 rings (SSSR count). The Bertz CT molecular complexity index is 636. The van der Waals surface area contributed by atoms with Crippen molar-refractivity contribution in [3.63, 3.8) is 0 Å². The maximum Gasteiger partial charge on any atom is 0.429 e. The van der Waals surface area contributed by atoms with Crippen molar-refractivity contribution in [3.8, 4) is 5.75 Å². The van der Waals surface area contributed by atoms with Gasteiger partial charge in [-0.3, -0.25) is 4.68 Å². The molecule has 0 aliphatic rings. The van der Waals surface area contributed by atoms with Gasteiger partial charge in [0.2, 0.25) is 6.10 Å². The average molecular weight is 320 g/mol. The monoisotopic (exact) mass is 320 g/mol. The van der Waals surface area contributed by atoms with E-state index in [0.717, 1.165) is 23.7 Å². The SMILES string of the molecule is COc1csc(C(=O)OC(c2cnn(C)c2)C(F)(F)F)c1. The van der Waals surface area contributed by atoms with Crippen LogP contribution in [0, 0.1) is 0 Å². The van der Waals surface area contributed by atoms with Crippen LogP contribution in [0.15, 0.2) is 23.8 Å². The molecule has 0 saturated carbocycles. The summed E-state index contributed by atoms with van der Waals surface area (Å²) in [5.74, 6) is -0.675. The third kappa shape index (κ3) is 3.54. The first-order valence-corrected chi connectivity index (χ1v) is 6.58. The van der Waals surface area contributed by atoms with Crippen molar-refractivity contribution in [2.75, 3.05) is 7.11 Å². The van der Waals surface area contributed by atoms with E-state index in [4.69, 9.17) is 4.74 Å². The van der Waals surface area contributed by atoms with Gasteiger partial charge in [-0.1, -0.05) is 0 Å². The standard InChI is InChI=1S/C12H11F3N2O3S/c1-17-5-7(4-16-17)10(12(13,14)15)20-11(18)9-3-8(19-2)6-21-9/h3-6,10H,1-2H3. The molecule has 21 heavy (non-hydrogen) atoms. The lowest BCUT2D eigenvalue weighted by Crippen LogP contribution is -2.25. The minimum atomic E-state index is -4.72. The zero-order valence-electron chi connectivity index (χ0n) is 11.0. The number of ether oxygens (including phenoxy) is 2. The normalized spacial score (nSPS) is 13.0. The highest BCUT2D eigenvalue weighted by Gasteiger charge is 2.45. The first-order valence-electron chi connectivity index (χ1n) is 5.70. The fourth-order valence-electron chi connectivity index (χ4n) is 1.60. The van der Waals surface area contributed by atoms with Crippen molar-refractivity contribution >= 4 is 17.3 Å². The van der Waals surface area contributed by atoms with E-state index >= 15 is 0 Å². The van der Waals surface area contributed by atoms with Crippen molar-refractivity contribution in [1.82, 2.24) is 9.78 Å². The molecule has 0 aliphatic heterocycles. The van der Waals surface area contributed by atoms with Crippen molar-refractivity contribution in [2.45, 2.75) is 12.3 Å². The van der Waals surface area contributed by atoms with Crippen LogP contribution in [0.5, 0.6) is 5.75 Å². The Hall–Kier alpha value is -2.03. The quantitative estimate of drug-likeness (QED) is 0.813. The van der Waals surface area contributed by atoms with Gasteiger partial charge in [-0.2, -0.15) is 18.3 Å². The number of carbonyl (C=O) groups excluding carboxylic acids is 1. The van der Waals surface area contributed by atoms with E-state index in [2.05, 4.69) is 9.84 Å². The molecule has 0 N–H and O–H groups in total. The van der Waals surface area contributed by atoms with E-state index < -0.39 is 18.2 Å². The maximum absolute atomic E-state index is 13.0. The third-order valence-corrected chi connectivity index (χ3v) is 3.45. The van der Waals surface area contributed by atoms with Gasteiger partial charge in [-0.15, -0.1) is 11.3 Å². The molecule has 0 fully saturated rings. The Kier molecular flexibility index (Phi) is 4.21. The van der Waals surface area contributed by atoms with Crippen LogP contribution in [-0.2, 0) is 11.8 Å². The number of hydrogen-bond acceptors (Lipinski definition) is 5. The van der Waals surface area contributed by atoms with Crippen LogP contribution in [0.25, 0.3) is 0 Å². The smallest absolute Gasteiger partial charge is 0.429 e. The molecule has 0 spiro atoms. The number of alkyl halides is 3. The van der Waals surface area contributed by atoms with Gasteiger partial charge in [0.25, 0.3) is 0 Å².